The highest BCUT2D eigenvalue weighted by Gasteiger charge is 2.34. The Hall–Kier alpha value is -2.43. The molecule has 2 amide bonds. The number of nitrogens with zero attached hydrogens (tertiary/aromatic N) is 2. The van der Waals surface area contributed by atoms with Crippen molar-refractivity contribution in [2.45, 2.75) is 26.2 Å². The van der Waals surface area contributed by atoms with E-state index in [1.54, 1.807) is 30.5 Å². The lowest BCUT2D eigenvalue weighted by molar-refractivity contribution is 0.0656. The highest BCUT2D eigenvalue weighted by atomic mass is 16.2. The monoisotopic (exact) mass is 283 g/mol. The number of amides is 2. The highest BCUT2D eigenvalue weighted by Crippen LogP contribution is 2.22. The molecule has 1 aromatic heterocycles. The van der Waals surface area contributed by atoms with E-state index in [-0.39, 0.29) is 11.8 Å². The molecular formula is C16H17N3O2. The van der Waals surface area contributed by atoms with Gasteiger partial charge in [0, 0.05) is 30.8 Å². The molecule has 1 N–H and O–H groups in total. The molecule has 0 bridgehead atoms. The van der Waals surface area contributed by atoms with Crippen LogP contribution in [-0.2, 0) is 6.42 Å². The summed E-state index contributed by atoms with van der Waals surface area (Å²) in [6.07, 6.45) is 2.36. The zero-order chi connectivity index (χ0) is 15.0. The Balaban J connectivity index is 1.72. The van der Waals surface area contributed by atoms with Crippen LogP contribution in [0.5, 0.6) is 0 Å². The zero-order valence-corrected chi connectivity index (χ0v) is 12.1. The molecule has 1 aromatic carbocycles. The van der Waals surface area contributed by atoms with Gasteiger partial charge in [0.25, 0.3) is 11.8 Å². The molecule has 0 atom stereocenters. The van der Waals surface area contributed by atoms with Gasteiger partial charge in [0.15, 0.2) is 0 Å². The fraction of sp³-hybridized carbons (Fsp3) is 0.312. The predicted octanol–water partition coefficient (Wildman–Crippen LogP) is 2.37. The number of imide groups is 1. The van der Waals surface area contributed by atoms with Gasteiger partial charge in [-0.2, -0.15) is 0 Å². The number of aromatic nitrogens is 2. The number of benzene rings is 1. The topological polar surface area (TPSA) is 66.1 Å². The number of imidazole rings is 1. The Morgan fingerprint density at radius 3 is 2.29 bits per heavy atom. The first-order valence-electron chi connectivity index (χ1n) is 7.07. The normalized spacial score (nSPS) is 14.1. The summed E-state index contributed by atoms with van der Waals surface area (Å²) in [5.74, 6) is 0.837. The summed E-state index contributed by atoms with van der Waals surface area (Å²) in [4.78, 5) is 33.3. The molecule has 0 radical (unpaired) electrons. The van der Waals surface area contributed by atoms with Gasteiger partial charge in [-0.1, -0.05) is 26.0 Å². The molecule has 1 aliphatic heterocycles. The van der Waals surface area contributed by atoms with Gasteiger partial charge in [0.1, 0.15) is 5.82 Å². The van der Waals surface area contributed by atoms with E-state index in [4.69, 9.17) is 0 Å². The summed E-state index contributed by atoms with van der Waals surface area (Å²) in [6.45, 7) is 4.49. The van der Waals surface area contributed by atoms with E-state index >= 15 is 0 Å². The van der Waals surface area contributed by atoms with Crippen molar-refractivity contribution >= 4 is 11.8 Å². The standard InChI is InChI=1S/C16H17N3O2/c1-10(2)14-17-9-11(18-14)7-8-19-15(20)12-5-3-4-6-13(12)16(19)21/h3-6,9-10H,7-8H2,1-2H3,(H,17,18). The van der Waals surface area contributed by atoms with Gasteiger partial charge >= 0.3 is 0 Å². The average molecular weight is 283 g/mol. The Labute approximate surface area is 123 Å². The zero-order valence-electron chi connectivity index (χ0n) is 12.1. The number of rotatable bonds is 4. The second kappa shape index (κ2) is 5.16. The van der Waals surface area contributed by atoms with E-state index < -0.39 is 0 Å². The molecule has 5 heteroatoms. The third-order valence-corrected chi connectivity index (χ3v) is 3.68. The Morgan fingerprint density at radius 1 is 1.14 bits per heavy atom. The van der Waals surface area contributed by atoms with Gasteiger partial charge < -0.3 is 4.98 Å². The molecule has 108 valence electrons. The van der Waals surface area contributed by atoms with Crippen LogP contribution >= 0.6 is 0 Å². The predicted molar refractivity (Wildman–Crippen MR) is 78.2 cm³/mol. The average Bonchev–Trinajstić information content (AvgIpc) is 3.03. The van der Waals surface area contributed by atoms with Gasteiger partial charge in [-0.15, -0.1) is 0 Å². The third-order valence-electron chi connectivity index (χ3n) is 3.68. The van der Waals surface area contributed by atoms with Crippen molar-refractivity contribution in [3.8, 4) is 0 Å². The first kappa shape index (κ1) is 13.5. The van der Waals surface area contributed by atoms with Crippen LogP contribution < -0.4 is 0 Å². The van der Waals surface area contributed by atoms with Crippen LogP contribution in [0.3, 0.4) is 0 Å². The van der Waals surface area contributed by atoms with E-state index in [0.29, 0.717) is 30.0 Å². The number of hydrogen-bond donors (Lipinski definition) is 1. The third kappa shape index (κ3) is 2.35. The molecule has 0 aliphatic carbocycles. The van der Waals surface area contributed by atoms with Crippen molar-refractivity contribution in [1.82, 2.24) is 14.9 Å². The summed E-state index contributed by atoms with van der Waals surface area (Å²) in [6, 6.07) is 6.94. The quantitative estimate of drug-likeness (QED) is 0.876. The number of carbonyl (C=O) groups excluding carboxylic acids is 2. The van der Waals surface area contributed by atoms with Crippen LogP contribution in [0.1, 0.15) is 52.0 Å². The van der Waals surface area contributed by atoms with Crippen molar-refractivity contribution < 1.29 is 9.59 Å². The van der Waals surface area contributed by atoms with E-state index in [9.17, 15) is 9.59 Å². The molecule has 0 spiro atoms. The first-order chi connectivity index (χ1) is 10.1. The Bertz CT molecular complexity index is 668. The molecule has 1 aliphatic rings. The second-order valence-corrected chi connectivity index (χ2v) is 5.51. The Morgan fingerprint density at radius 2 is 1.76 bits per heavy atom. The summed E-state index contributed by atoms with van der Waals surface area (Å²) < 4.78 is 0. The van der Waals surface area contributed by atoms with Crippen LogP contribution in [0.25, 0.3) is 0 Å². The van der Waals surface area contributed by atoms with Gasteiger partial charge in [-0.25, -0.2) is 4.98 Å². The van der Waals surface area contributed by atoms with Gasteiger partial charge in [-0.05, 0) is 12.1 Å². The molecule has 2 aromatic rings. The molecule has 0 saturated heterocycles. The van der Waals surface area contributed by atoms with E-state index in [0.717, 1.165) is 11.5 Å². The van der Waals surface area contributed by atoms with Crippen molar-refractivity contribution in [3.63, 3.8) is 0 Å². The lowest BCUT2D eigenvalue weighted by atomic mass is 10.1. The van der Waals surface area contributed by atoms with E-state index in [2.05, 4.69) is 23.8 Å². The number of hydrogen-bond acceptors (Lipinski definition) is 3. The molecule has 5 nitrogen and oxygen atoms in total. The molecular weight excluding hydrogens is 266 g/mol. The second-order valence-electron chi connectivity index (χ2n) is 5.51. The number of aromatic amines is 1. The fourth-order valence-corrected chi connectivity index (χ4v) is 2.47. The SMILES string of the molecule is CC(C)c1ncc(CCN2C(=O)c3ccccc3C2=O)[nH]1. The number of fused-ring (bicyclic) bond motifs is 1. The minimum Gasteiger partial charge on any atom is -0.346 e. The molecule has 0 unspecified atom stereocenters. The van der Waals surface area contributed by atoms with E-state index in [1.807, 2.05) is 0 Å². The number of nitrogens with one attached hydrogen (secondary N) is 1. The van der Waals surface area contributed by atoms with E-state index in [1.165, 1.54) is 4.90 Å². The van der Waals surface area contributed by atoms with Gasteiger partial charge in [0.2, 0.25) is 0 Å². The minimum atomic E-state index is -0.209. The minimum absolute atomic E-state index is 0.209. The lowest BCUT2D eigenvalue weighted by Crippen LogP contribution is -2.31. The smallest absolute Gasteiger partial charge is 0.261 e. The summed E-state index contributed by atoms with van der Waals surface area (Å²) in [7, 11) is 0. The maximum atomic E-state index is 12.2. The van der Waals surface area contributed by atoms with Crippen LogP contribution in [0, 0.1) is 0 Å². The van der Waals surface area contributed by atoms with Crippen molar-refractivity contribution in [2.75, 3.05) is 6.54 Å². The largest absolute Gasteiger partial charge is 0.346 e. The molecule has 2 heterocycles. The Kier molecular flexibility index (Phi) is 3.33. The van der Waals surface area contributed by atoms with Gasteiger partial charge in [0.05, 0.1) is 11.1 Å². The van der Waals surface area contributed by atoms with Crippen molar-refractivity contribution in [3.05, 3.63) is 53.1 Å². The van der Waals surface area contributed by atoms with Crippen LogP contribution in [-0.4, -0.2) is 33.2 Å². The van der Waals surface area contributed by atoms with Crippen LogP contribution in [0.2, 0.25) is 0 Å². The molecule has 0 fully saturated rings. The fourth-order valence-electron chi connectivity index (χ4n) is 2.47. The van der Waals surface area contributed by atoms with Gasteiger partial charge in [-0.3, -0.25) is 14.5 Å². The summed E-state index contributed by atoms with van der Waals surface area (Å²) >= 11 is 0. The number of H-pyrrole nitrogens is 1. The van der Waals surface area contributed by atoms with Crippen molar-refractivity contribution in [2.24, 2.45) is 0 Å². The highest BCUT2D eigenvalue weighted by molar-refractivity contribution is 6.21. The maximum absolute atomic E-state index is 12.2. The number of carbonyl (C=O) groups is 2. The van der Waals surface area contributed by atoms with Crippen LogP contribution in [0.15, 0.2) is 30.5 Å². The first-order valence-corrected chi connectivity index (χ1v) is 7.07. The summed E-state index contributed by atoms with van der Waals surface area (Å²) in [5.41, 5.74) is 1.93. The van der Waals surface area contributed by atoms with Crippen LogP contribution in [0.4, 0.5) is 0 Å². The van der Waals surface area contributed by atoms with Crippen molar-refractivity contribution in [1.29, 1.82) is 0 Å². The molecule has 3 rings (SSSR count). The molecule has 0 saturated carbocycles. The maximum Gasteiger partial charge on any atom is 0.261 e. The summed E-state index contributed by atoms with van der Waals surface area (Å²) in [5, 5.41) is 0. The molecule has 21 heavy (non-hydrogen) atoms. The lowest BCUT2D eigenvalue weighted by Gasteiger charge is -2.12.